The van der Waals surface area contributed by atoms with E-state index in [9.17, 15) is 15.2 Å². The minimum Gasteiger partial charge on any atom is -0.507 e. The lowest BCUT2D eigenvalue weighted by atomic mass is 9.67. The highest BCUT2D eigenvalue weighted by Crippen LogP contribution is 2.58. The Balaban J connectivity index is 1.73. The van der Waals surface area contributed by atoms with E-state index in [1.54, 1.807) is 24.3 Å². The van der Waals surface area contributed by atoms with Crippen molar-refractivity contribution < 1.29 is 10.0 Å². The fourth-order valence-electron chi connectivity index (χ4n) is 5.55. The van der Waals surface area contributed by atoms with Crippen LogP contribution in [0.1, 0.15) is 22.3 Å². The highest BCUT2D eigenvalue weighted by Gasteiger charge is 2.46. The molecule has 0 saturated heterocycles. The van der Waals surface area contributed by atoms with E-state index in [-0.39, 0.29) is 11.4 Å². The molecule has 1 N–H and O–H groups in total. The van der Waals surface area contributed by atoms with Gasteiger partial charge in [0.05, 0.1) is 15.9 Å². The molecule has 0 unspecified atom stereocenters. The van der Waals surface area contributed by atoms with Gasteiger partial charge < -0.3 is 5.11 Å². The van der Waals surface area contributed by atoms with Gasteiger partial charge in [-0.15, -0.1) is 0 Å². The van der Waals surface area contributed by atoms with Crippen molar-refractivity contribution in [2.24, 2.45) is 0 Å². The number of benzene rings is 5. The number of fused-ring (bicyclic) bond motifs is 3. The van der Waals surface area contributed by atoms with Gasteiger partial charge in [0.25, 0.3) is 5.69 Å². The number of aromatic hydroxyl groups is 1. The van der Waals surface area contributed by atoms with Gasteiger partial charge in [-0.3, -0.25) is 10.1 Å². The summed E-state index contributed by atoms with van der Waals surface area (Å²) in [5.74, 6) is 0.0158. The number of nitro benzene ring substituents is 1. The van der Waals surface area contributed by atoms with Crippen LogP contribution < -0.4 is 0 Å². The molecule has 1 aliphatic carbocycles. The van der Waals surface area contributed by atoms with Crippen molar-refractivity contribution in [2.75, 3.05) is 0 Å². The van der Waals surface area contributed by atoms with Gasteiger partial charge in [-0.05, 0) is 51.6 Å². The number of nitro groups is 1. The highest BCUT2D eigenvalue weighted by molar-refractivity contribution is 5.91. The fraction of sp³-hybridized carbons (Fsp3) is 0.0323. The predicted molar refractivity (Wildman–Crippen MR) is 138 cm³/mol. The van der Waals surface area contributed by atoms with Gasteiger partial charge >= 0.3 is 0 Å². The lowest BCUT2D eigenvalue weighted by molar-refractivity contribution is -0.384. The van der Waals surface area contributed by atoms with Crippen LogP contribution in [0.25, 0.3) is 22.3 Å². The van der Waals surface area contributed by atoms with Gasteiger partial charge in [0, 0.05) is 11.6 Å². The zero-order chi connectivity index (χ0) is 24.0. The lowest BCUT2D eigenvalue weighted by Crippen LogP contribution is -2.28. The molecule has 0 amide bonds. The van der Waals surface area contributed by atoms with Crippen LogP contribution in [0.5, 0.6) is 5.75 Å². The molecule has 0 aromatic heterocycles. The Hall–Kier alpha value is -4.70. The maximum atomic E-state index is 11.7. The molecule has 0 heterocycles. The smallest absolute Gasteiger partial charge is 0.277 e. The van der Waals surface area contributed by atoms with E-state index in [0.29, 0.717) is 11.1 Å². The predicted octanol–water partition coefficient (Wildman–Crippen LogP) is 7.33. The van der Waals surface area contributed by atoms with E-state index >= 15 is 0 Å². The summed E-state index contributed by atoms with van der Waals surface area (Å²) in [5.41, 5.74) is 6.44. The van der Waals surface area contributed by atoms with Crippen LogP contribution in [-0.2, 0) is 5.41 Å². The zero-order valence-corrected chi connectivity index (χ0v) is 18.8. The summed E-state index contributed by atoms with van der Waals surface area (Å²) < 4.78 is 0. The summed E-state index contributed by atoms with van der Waals surface area (Å²) in [6.45, 7) is 0. The summed E-state index contributed by atoms with van der Waals surface area (Å²) in [6, 6.07) is 39.1. The third-order valence-electron chi connectivity index (χ3n) is 6.97. The monoisotopic (exact) mass is 455 g/mol. The fourth-order valence-corrected chi connectivity index (χ4v) is 5.55. The average Bonchev–Trinajstić information content (AvgIpc) is 3.19. The Morgan fingerprint density at radius 1 is 0.571 bits per heavy atom. The van der Waals surface area contributed by atoms with E-state index in [1.807, 2.05) is 54.6 Å². The molecule has 0 aliphatic heterocycles. The molecule has 0 bridgehead atoms. The summed E-state index contributed by atoms with van der Waals surface area (Å²) in [5, 5.41) is 23.1. The molecule has 0 atom stereocenters. The van der Waals surface area contributed by atoms with Crippen molar-refractivity contribution in [3.05, 3.63) is 154 Å². The third-order valence-corrected chi connectivity index (χ3v) is 6.97. The first kappa shape index (κ1) is 20.9. The molecule has 0 radical (unpaired) electrons. The number of nitrogens with zero attached hydrogens (tertiary/aromatic N) is 1. The number of hydrogen-bond donors (Lipinski definition) is 1. The number of phenolic OH excluding ortho intramolecular Hbond substituents is 1. The van der Waals surface area contributed by atoms with Gasteiger partial charge in [0.1, 0.15) is 5.75 Å². The van der Waals surface area contributed by atoms with Crippen LogP contribution in [0.4, 0.5) is 5.69 Å². The minimum atomic E-state index is -0.632. The van der Waals surface area contributed by atoms with E-state index in [2.05, 4.69) is 36.4 Å². The van der Waals surface area contributed by atoms with Crippen LogP contribution in [0.15, 0.2) is 121 Å². The topological polar surface area (TPSA) is 63.4 Å². The molecule has 0 saturated carbocycles. The summed E-state index contributed by atoms with van der Waals surface area (Å²) in [7, 11) is 0. The Kier molecular flexibility index (Phi) is 4.75. The second-order valence-electron chi connectivity index (χ2n) is 8.72. The Morgan fingerprint density at radius 3 is 1.74 bits per heavy atom. The normalized spacial score (nSPS) is 13.1. The lowest BCUT2D eigenvalue weighted by Gasteiger charge is -2.34. The molecular weight excluding hydrogens is 434 g/mol. The Bertz CT molecular complexity index is 1540. The van der Waals surface area contributed by atoms with Crippen molar-refractivity contribution in [1.82, 2.24) is 0 Å². The number of rotatable bonds is 4. The molecule has 35 heavy (non-hydrogen) atoms. The quantitative estimate of drug-likeness (QED) is 0.224. The van der Waals surface area contributed by atoms with Crippen molar-refractivity contribution >= 4 is 5.69 Å². The molecule has 5 aromatic carbocycles. The molecule has 4 nitrogen and oxygen atoms in total. The maximum Gasteiger partial charge on any atom is 0.277 e. The van der Waals surface area contributed by atoms with Gasteiger partial charge in [0.15, 0.2) is 0 Å². The first-order valence-corrected chi connectivity index (χ1v) is 11.4. The van der Waals surface area contributed by atoms with Crippen LogP contribution in [0.3, 0.4) is 0 Å². The zero-order valence-electron chi connectivity index (χ0n) is 18.8. The average molecular weight is 456 g/mol. The van der Waals surface area contributed by atoms with E-state index in [4.69, 9.17) is 0 Å². The number of phenols is 1. The largest absolute Gasteiger partial charge is 0.507 e. The molecule has 6 rings (SSSR count). The molecule has 168 valence electrons. The van der Waals surface area contributed by atoms with E-state index in [0.717, 1.165) is 33.4 Å². The Morgan fingerprint density at radius 2 is 1.11 bits per heavy atom. The van der Waals surface area contributed by atoms with Gasteiger partial charge in [-0.25, -0.2) is 0 Å². The Labute approximate surface area is 202 Å². The van der Waals surface area contributed by atoms with Crippen molar-refractivity contribution in [3.63, 3.8) is 0 Å². The molecule has 1 aliphatic rings. The van der Waals surface area contributed by atoms with Crippen molar-refractivity contribution in [1.29, 1.82) is 0 Å². The molecular formula is C31H21NO3. The first-order valence-electron chi connectivity index (χ1n) is 11.4. The van der Waals surface area contributed by atoms with Crippen LogP contribution in [-0.4, -0.2) is 10.0 Å². The van der Waals surface area contributed by atoms with Crippen LogP contribution in [0.2, 0.25) is 0 Å². The standard InChI is InChI=1S/C31H21NO3/c33-30-20-28-25(19-26(30)24-16-8-10-18-29(24)32(34)35)23-15-7-9-17-27(23)31(28,21-11-3-1-4-12-21)22-13-5-2-6-14-22/h1-20,33H. The van der Waals surface area contributed by atoms with Gasteiger partial charge in [0.2, 0.25) is 0 Å². The summed E-state index contributed by atoms with van der Waals surface area (Å²) in [6.07, 6.45) is 0. The molecule has 5 aromatic rings. The maximum absolute atomic E-state index is 11.7. The molecule has 0 fully saturated rings. The van der Waals surface area contributed by atoms with Crippen molar-refractivity contribution in [2.45, 2.75) is 5.41 Å². The van der Waals surface area contributed by atoms with Crippen molar-refractivity contribution in [3.8, 4) is 28.0 Å². The summed E-state index contributed by atoms with van der Waals surface area (Å²) in [4.78, 5) is 11.3. The minimum absolute atomic E-state index is 0.0158. The van der Waals surface area contributed by atoms with Crippen LogP contribution in [0, 0.1) is 10.1 Å². The number of hydrogen-bond acceptors (Lipinski definition) is 3. The van der Waals surface area contributed by atoms with Crippen LogP contribution >= 0.6 is 0 Å². The second-order valence-corrected chi connectivity index (χ2v) is 8.72. The second kappa shape index (κ2) is 7.96. The third kappa shape index (κ3) is 3.00. The molecule has 4 heteroatoms. The van der Waals surface area contributed by atoms with Gasteiger partial charge in [-0.2, -0.15) is 0 Å². The van der Waals surface area contributed by atoms with E-state index in [1.165, 1.54) is 6.07 Å². The molecule has 0 spiro atoms. The van der Waals surface area contributed by atoms with Gasteiger partial charge in [-0.1, -0.05) is 97.1 Å². The number of para-hydroxylation sites is 1. The SMILES string of the molecule is O=[N+]([O-])c1ccccc1-c1cc2c(cc1O)C(c1ccccc1)(c1ccccc1)c1ccccc1-2. The summed E-state index contributed by atoms with van der Waals surface area (Å²) >= 11 is 0. The highest BCUT2D eigenvalue weighted by atomic mass is 16.6. The first-order chi connectivity index (χ1) is 17.1. The van der Waals surface area contributed by atoms with E-state index < -0.39 is 10.3 Å².